The van der Waals surface area contributed by atoms with Crippen LogP contribution in [0.5, 0.6) is 0 Å². The molecule has 1 aromatic heterocycles. The molecule has 0 unspecified atom stereocenters. The van der Waals surface area contributed by atoms with E-state index in [-0.39, 0.29) is 5.76 Å². The molecule has 3 nitrogen and oxygen atoms in total. The molecule has 1 aromatic carbocycles. The minimum atomic E-state index is 0.0134. The molecule has 0 atom stereocenters. The minimum absolute atomic E-state index is 0.0134. The second-order valence-corrected chi connectivity index (χ2v) is 3.44. The SMILES string of the molecule is C=C(O)c1nn(C)c2cc(C)ccc12. The van der Waals surface area contributed by atoms with E-state index in [1.807, 2.05) is 32.2 Å². The van der Waals surface area contributed by atoms with E-state index in [4.69, 9.17) is 0 Å². The molecule has 2 aromatic rings. The average molecular weight is 188 g/mol. The van der Waals surface area contributed by atoms with Crippen LogP contribution in [0.3, 0.4) is 0 Å². The Kier molecular flexibility index (Phi) is 1.81. The largest absolute Gasteiger partial charge is 0.506 e. The molecule has 0 fully saturated rings. The molecule has 0 aliphatic rings. The monoisotopic (exact) mass is 188 g/mol. The molecule has 0 bridgehead atoms. The van der Waals surface area contributed by atoms with Gasteiger partial charge in [-0.2, -0.15) is 5.10 Å². The zero-order valence-corrected chi connectivity index (χ0v) is 8.28. The van der Waals surface area contributed by atoms with Gasteiger partial charge < -0.3 is 5.11 Å². The van der Waals surface area contributed by atoms with Gasteiger partial charge in [0.25, 0.3) is 0 Å². The van der Waals surface area contributed by atoms with Crippen molar-refractivity contribution in [2.75, 3.05) is 0 Å². The lowest BCUT2D eigenvalue weighted by atomic mass is 10.1. The molecular formula is C11H12N2O. The summed E-state index contributed by atoms with van der Waals surface area (Å²) in [6.07, 6.45) is 0. The number of rotatable bonds is 1. The maximum absolute atomic E-state index is 9.33. The summed E-state index contributed by atoms with van der Waals surface area (Å²) in [5.74, 6) is 0.0134. The maximum Gasteiger partial charge on any atom is 0.136 e. The molecular weight excluding hydrogens is 176 g/mol. The number of hydrogen-bond donors (Lipinski definition) is 1. The third-order valence-electron chi connectivity index (χ3n) is 2.28. The fourth-order valence-corrected chi connectivity index (χ4v) is 1.58. The number of aryl methyl sites for hydroxylation is 2. The van der Waals surface area contributed by atoms with Crippen molar-refractivity contribution >= 4 is 16.7 Å². The first kappa shape index (κ1) is 8.81. The van der Waals surface area contributed by atoms with E-state index in [1.54, 1.807) is 4.68 Å². The third-order valence-corrected chi connectivity index (χ3v) is 2.28. The van der Waals surface area contributed by atoms with Crippen molar-refractivity contribution < 1.29 is 5.11 Å². The van der Waals surface area contributed by atoms with Crippen molar-refractivity contribution in [3.63, 3.8) is 0 Å². The van der Waals surface area contributed by atoms with Crippen LogP contribution in [-0.2, 0) is 7.05 Å². The van der Waals surface area contributed by atoms with E-state index in [2.05, 4.69) is 11.7 Å². The van der Waals surface area contributed by atoms with Crippen LogP contribution in [0.2, 0.25) is 0 Å². The van der Waals surface area contributed by atoms with Gasteiger partial charge in [-0.25, -0.2) is 0 Å². The van der Waals surface area contributed by atoms with Gasteiger partial charge in [-0.1, -0.05) is 18.7 Å². The lowest BCUT2D eigenvalue weighted by Gasteiger charge is -1.95. The Hall–Kier alpha value is -1.77. The second-order valence-electron chi connectivity index (χ2n) is 3.44. The quantitative estimate of drug-likeness (QED) is 0.698. The third kappa shape index (κ3) is 1.18. The van der Waals surface area contributed by atoms with Crippen molar-refractivity contribution in [1.29, 1.82) is 0 Å². The highest BCUT2D eigenvalue weighted by atomic mass is 16.3. The van der Waals surface area contributed by atoms with Gasteiger partial charge in [-0.15, -0.1) is 0 Å². The summed E-state index contributed by atoms with van der Waals surface area (Å²) in [5.41, 5.74) is 2.74. The molecule has 72 valence electrons. The van der Waals surface area contributed by atoms with E-state index in [9.17, 15) is 5.11 Å². The standard InChI is InChI=1S/C11H12N2O/c1-7-4-5-9-10(6-7)13(3)12-11(9)8(2)14/h4-6,14H,2H2,1,3H3. The smallest absolute Gasteiger partial charge is 0.136 e. The summed E-state index contributed by atoms with van der Waals surface area (Å²) >= 11 is 0. The van der Waals surface area contributed by atoms with Crippen molar-refractivity contribution in [2.45, 2.75) is 6.92 Å². The van der Waals surface area contributed by atoms with Crippen LogP contribution in [0.15, 0.2) is 24.8 Å². The Morgan fingerprint density at radius 1 is 1.50 bits per heavy atom. The topological polar surface area (TPSA) is 38.1 Å². The zero-order valence-electron chi connectivity index (χ0n) is 8.28. The van der Waals surface area contributed by atoms with E-state index in [0.29, 0.717) is 5.69 Å². The first-order chi connectivity index (χ1) is 6.59. The maximum atomic E-state index is 9.33. The van der Waals surface area contributed by atoms with Gasteiger partial charge in [-0.05, 0) is 18.6 Å². The van der Waals surface area contributed by atoms with Crippen LogP contribution in [0.4, 0.5) is 0 Å². The molecule has 3 heteroatoms. The Balaban J connectivity index is 2.84. The number of benzene rings is 1. The fourth-order valence-electron chi connectivity index (χ4n) is 1.58. The molecule has 0 aliphatic heterocycles. The van der Waals surface area contributed by atoms with E-state index >= 15 is 0 Å². The molecule has 2 rings (SSSR count). The summed E-state index contributed by atoms with van der Waals surface area (Å²) in [6.45, 7) is 5.52. The highest BCUT2D eigenvalue weighted by molar-refractivity contribution is 5.89. The Labute approximate surface area is 82.3 Å². The first-order valence-electron chi connectivity index (χ1n) is 4.41. The molecule has 0 spiro atoms. The average Bonchev–Trinajstić information content (AvgIpc) is 2.44. The molecule has 0 radical (unpaired) electrons. The number of fused-ring (bicyclic) bond motifs is 1. The summed E-state index contributed by atoms with van der Waals surface area (Å²) in [4.78, 5) is 0. The number of nitrogens with zero attached hydrogens (tertiary/aromatic N) is 2. The summed E-state index contributed by atoms with van der Waals surface area (Å²) in [5, 5.41) is 14.5. The highest BCUT2D eigenvalue weighted by Gasteiger charge is 2.09. The number of aromatic nitrogens is 2. The van der Waals surface area contributed by atoms with E-state index in [1.165, 1.54) is 5.56 Å². The second kappa shape index (κ2) is 2.87. The van der Waals surface area contributed by atoms with Crippen LogP contribution in [0.1, 0.15) is 11.3 Å². The Bertz CT molecular complexity index is 511. The van der Waals surface area contributed by atoms with Crippen LogP contribution < -0.4 is 0 Å². The van der Waals surface area contributed by atoms with Gasteiger partial charge in [0.15, 0.2) is 0 Å². The van der Waals surface area contributed by atoms with Crippen molar-refractivity contribution in [3.8, 4) is 0 Å². The summed E-state index contributed by atoms with van der Waals surface area (Å²) < 4.78 is 1.75. The van der Waals surface area contributed by atoms with E-state index < -0.39 is 0 Å². The lowest BCUT2D eigenvalue weighted by Crippen LogP contribution is -1.90. The lowest BCUT2D eigenvalue weighted by molar-refractivity contribution is 0.509. The van der Waals surface area contributed by atoms with Crippen molar-refractivity contribution in [1.82, 2.24) is 9.78 Å². The van der Waals surface area contributed by atoms with Gasteiger partial charge in [0.1, 0.15) is 11.5 Å². The number of aliphatic hydroxyl groups excluding tert-OH is 1. The molecule has 0 saturated heterocycles. The Morgan fingerprint density at radius 2 is 2.21 bits per heavy atom. The normalized spacial score (nSPS) is 10.7. The van der Waals surface area contributed by atoms with Crippen LogP contribution in [0.25, 0.3) is 16.7 Å². The predicted molar refractivity (Wildman–Crippen MR) is 57.1 cm³/mol. The summed E-state index contributed by atoms with van der Waals surface area (Å²) in [7, 11) is 1.86. The zero-order chi connectivity index (χ0) is 10.3. The fraction of sp³-hybridized carbons (Fsp3) is 0.182. The molecule has 1 heterocycles. The first-order valence-corrected chi connectivity index (χ1v) is 4.41. The molecule has 1 N–H and O–H groups in total. The molecule has 14 heavy (non-hydrogen) atoms. The van der Waals surface area contributed by atoms with Gasteiger partial charge in [0.2, 0.25) is 0 Å². The van der Waals surface area contributed by atoms with Crippen LogP contribution >= 0.6 is 0 Å². The van der Waals surface area contributed by atoms with Gasteiger partial charge in [0, 0.05) is 12.4 Å². The summed E-state index contributed by atoms with van der Waals surface area (Å²) in [6, 6.07) is 5.99. The predicted octanol–water partition coefficient (Wildman–Crippen LogP) is 2.41. The van der Waals surface area contributed by atoms with E-state index in [0.717, 1.165) is 10.9 Å². The molecule has 0 amide bonds. The minimum Gasteiger partial charge on any atom is -0.506 e. The highest BCUT2D eigenvalue weighted by Crippen LogP contribution is 2.22. The van der Waals surface area contributed by atoms with Gasteiger partial charge >= 0.3 is 0 Å². The van der Waals surface area contributed by atoms with Crippen LogP contribution in [0, 0.1) is 6.92 Å². The van der Waals surface area contributed by atoms with Crippen molar-refractivity contribution in [3.05, 3.63) is 36.0 Å². The van der Waals surface area contributed by atoms with Gasteiger partial charge in [-0.3, -0.25) is 4.68 Å². The molecule has 0 aliphatic carbocycles. The van der Waals surface area contributed by atoms with Gasteiger partial charge in [0.05, 0.1) is 5.52 Å². The molecule has 0 saturated carbocycles. The van der Waals surface area contributed by atoms with Crippen LogP contribution in [-0.4, -0.2) is 14.9 Å². The van der Waals surface area contributed by atoms with Crippen molar-refractivity contribution in [2.24, 2.45) is 7.05 Å². The number of hydrogen-bond acceptors (Lipinski definition) is 2. The number of aliphatic hydroxyl groups is 1. The Morgan fingerprint density at radius 3 is 2.86 bits per heavy atom.